The van der Waals surface area contributed by atoms with Crippen LogP contribution in [-0.4, -0.2) is 5.78 Å². The third-order valence-corrected chi connectivity index (χ3v) is 2.18. The molecule has 0 aromatic heterocycles. The van der Waals surface area contributed by atoms with Gasteiger partial charge in [-0.15, -0.1) is 0 Å². The van der Waals surface area contributed by atoms with Crippen molar-refractivity contribution in [2.75, 3.05) is 0 Å². The molecule has 0 amide bonds. The second kappa shape index (κ2) is 7.79. The molecular formula is C11H19NO. The molecule has 0 fully saturated rings. The number of nitrogens with zero attached hydrogens (tertiary/aromatic N) is 1. The first-order chi connectivity index (χ1) is 6.20. The summed E-state index contributed by atoms with van der Waals surface area (Å²) in [5.74, 6) is 0.284. The molecule has 0 saturated carbocycles. The van der Waals surface area contributed by atoms with E-state index < -0.39 is 0 Å². The Balaban J connectivity index is 3.53. The number of carbonyl (C=O) groups is 1. The molecule has 0 radical (unpaired) electrons. The molecule has 0 rings (SSSR count). The molecule has 1 unspecified atom stereocenters. The minimum absolute atomic E-state index is 0.0930. The summed E-state index contributed by atoms with van der Waals surface area (Å²) in [5, 5.41) is 8.78. The Morgan fingerprint density at radius 1 is 1.38 bits per heavy atom. The van der Waals surface area contributed by atoms with E-state index >= 15 is 0 Å². The van der Waals surface area contributed by atoms with Gasteiger partial charge in [-0.05, 0) is 19.8 Å². The summed E-state index contributed by atoms with van der Waals surface area (Å²) in [6.07, 6.45) is 5.76. The summed E-state index contributed by atoms with van der Waals surface area (Å²) in [6, 6.07) is 2.26. The summed E-state index contributed by atoms with van der Waals surface area (Å²) in [6.45, 7) is 3.73. The molecule has 2 nitrogen and oxygen atoms in total. The lowest BCUT2D eigenvalue weighted by molar-refractivity contribution is -0.117. The average Bonchev–Trinajstić information content (AvgIpc) is 2.10. The Bertz CT molecular complexity index is 181. The molecule has 0 saturated heterocycles. The molecule has 74 valence electrons. The standard InChI is InChI=1S/C11H19NO/c1-3-4-5-6-11(9-12)8-7-10(2)13/h11H,3-8H2,1-2H3. The lowest BCUT2D eigenvalue weighted by atomic mass is 9.97. The van der Waals surface area contributed by atoms with E-state index in [9.17, 15) is 4.79 Å². The average molecular weight is 181 g/mol. The maximum absolute atomic E-state index is 10.7. The molecular weight excluding hydrogens is 162 g/mol. The normalized spacial score (nSPS) is 12.1. The minimum Gasteiger partial charge on any atom is -0.300 e. The van der Waals surface area contributed by atoms with Crippen LogP contribution in [0.3, 0.4) is 0 Å². The Kier molecular flexibility index (Phi) is 7.29. The summed E-state index contributed by atoms with van der Waals surface area (Å²) >= 11 is 0. The highest BCUT2D eigenvalue weighted by atomic mass is 16.1. The first-order valence-corrected chi connectivity index (χ1v) is 5.09. The Morgan fingerprint density at radius 2 is 2.08 bits per heavy atom. The lowest BCUT2D eigenvalue weighted by Crippen LogP contribution is -2.00. The Labute approximate surface area is 80.9 Å². The zero-order valence-corrected chi connectivity index (χ0v) is 8.68. The topological polar surface area (TPSA) is 40.9 Å². The number of ketones is 1. The van der Waals surface area contributed by atoms with E-state index in [1.165, 1.54) is 12.8 Å². The second-order valence-corrected chi connectivity index (χ2v) is 3.56. The van der Waals surface area contributed by atoms with Crippen LogP contribution < -0.4 is 0 Å². The Hall–Kier alpha value is -0.840. The maximum atomic E-state index is 10.7. The van der Waals surface area contributed by atoms with Crippen molar-refractivity contribution in [3.63, 3.8) is 0 Å². The molecule has 0 aromatic rings. The van der Waals surface area contributed by atoms with Gasteiger partial charge in [0, 0.05) is 12.3 Å². The van der Waals surface area contributed by atoms with Crippen molar-refractivity contribution >= 4 is 5.78 Å². The van der Waals surface area contributed by atoms with Crippen molar-refractivity contribution in [1.82, 2.24) is 0 Å². The van der Waals surface area contributed by atoms with Gasteiger partial charge in [-0.3, -0.25) is 0 Å². The number of hydrogen-bond donors (Lipinski definition) is 0. The van der Waals surface area contributed by atoms with Gasteiger partial charge in [-0.25, -0.2) is 0 Å². The van der Waals surface area contributed by atoms with Crippen LogP contribution in [0.2, 0.25) is 0 Å². The molecule has 0 N–H and O–H groups in total. The fourth-order valence-electron chi connectivity index (χ4n) is 1.29. The Morgan fingerprint density at radius 3 is 2.54 bits per heavy atom. The summed E-state index contributed by atoms with van der Waals surface area (Å²) < 4.78 is 0. The molecule has 0 heterocycles. The van der Waals surface area contributed by atoms with Crippen LogP contribution in [0.1, 0.15) is 52.4 Å². The largest absolute Gasteiger partial charge is 0.300 e. The van der Waals surface area contributed by atoms with Crippen molar-refractivity contribution < 1.29 is 4.79 Å². The summed E-state index contributed by atoms with van der Waals surface area (Å²) in [5.41, 5.74) is 0. The smallest absolute Gasteiger partial charge is 0.129 e. The zero-order valence-electron chi connectivity index (χ0n) is 8.68. The SMILES string of the molecule is CCCCCC(C#N)CCC(C)=O. The van der Waals surface area contributed by atoms with E-state index in [0.29, 0.717) is 6.42 Å². The van der Waals surface area contributed by atoms with Crippen LogP contribution in [0.15, 0.2) is 0 Å². The predicted molar refractivity (Wildman–Crippen MR) is 53.2 cm³/mol. The van der Waals surface area contributed by atoms with E-state index in [1.807, 2.05) is 0 Å². The van der Waals surface area contributed by atoms with Gasteiger partial charge in [-0.1, -0.05) is 26.2 Å². The number of hydrogen-bond acceptors (Lipinski definition) is 2. The number of rotatable bonds is 7. The van der Waals surface area contributed by atoms with Crippen LogP contribution in [0.25, 0.3) is 0 Å². The fourth-order valence-corrected chi connectivity index (χ4v) is 1.29. The highest BCUT2D eigenvalue weighted by Gasteiger charge is 2.07. The lowest BCUT2D eigenvalue weighted by Gasteiger charge is -2.06. The highest BCUT2D eigenvalue weighted by molar-refractivity contribution is 5.75. The van der Waals surface area contributed by atoms with Crippen LogP contribution in [0.5, 0.6) is 0 Å². The summed E-state index contributed by atoms with van der Waals surface area (Å²) in [7, 11) is 0. The van der Waals surface area contributed by atoms with Gasteiger partial charge < -0.3 is 4.79 Å². The first kappa shape index (κ1) is 12.2. The quantitative estimate of drug-likeness (QED) is 0.566. The fraction of sp³-hybridized carbons (Fsp3) is 0.818. The van der Waals surface area contributed by atoms with Gasteiger partial charge in [0.2, 0.25) is 0 Å². The van der Waals surface area contributed by atoms with Gasteiger partial charge >= 0.3 is 0 Å². The molecule has 0 aromatic carbocycles. The number of nitriles is 1. The van der Waals surface area contributed by atoms with Crippen LogP contribution in [-0.2, 0) is 4.79 Å². The van der Waals surface area contributed by atoms with E-state index in [4.69, 9.17) is 5.26 Å². The van der Waals surface area contributed by atoms with Crippen LogP contribution in [0.4, 0.5) is 0 Å². The molecule has 0 aliphatic heterocycles. The molecule has 13 heavy (non-hydrogen) atoms. The minimum atomic E-state index is 0.0930. The van der Waals surface area contributed by atoms with E-state index in [-0.39, 0.29) is 11.7 Å². The van der Waals surface area contributed by atoms with Gasteiger partial charge in [0.05, 0.1) is 6.07 Å². The van der Waals surface area contributed by atoms with E-state index in [0.717, 1.165) is 19.3 Å². The zero-order chi connectivity index (χ0) is 10.1. The molecule has 0 aliphatic carbocycles. The molecule has 0 bridgehead atoms. The predicted octanol–water partition coefficient (Wildman–Crippen LogP) is 3.08. The van der Waals surface area contributed by atoms with E-state index in [1.54, 1.807) is 6.92 Å². The third-order valence-electron chi connectivity index (χ3n) is 2.18. The summed E-state index contributed by atoms with van der Waals surface area (Å²) in [4.78, 5) is 10.7. The molecule has 0 spiro atoms. The van der Waals surface area contributed by atoms with Gasteiger partial charge in [0.1, 0.15) is 5.78 Å². The van der Waals surface area contributed by atoms with Gasteiger partial charge in [-0.2, -0.15) is 5.26 Å². The molecule has 2 heteroatoms. The van der Waals surface area contributed by atoms with Crippen LogP contribution >= 0.6 is 0 Å². The third kappa shape index (κ3) is 7.52. The maximum Gasteiger partial charge on any atom is 0.129 e. The van der Waals surface area contributed by atoms with Crippen molar-refractivity contribution in [1.29, 1.82) is 5.26 Å². The van der Waals surface area contributed by atoms with Crippen molar-refractivity contribution in [2.45, 2.75) is 52.4 Å². The van der Waals surface area contributed by atoms with Crippen molar-refractivity contribution in [2.24, 2.45) is 5.92 Å². The first-order valence-electron chi connectivity index (χ1n) is 5.09. The van der Waals surface area contributed by atoms with E-state index in [2.05, 4.69) is 13.0 Å². The van der Waals surface area contributed by atoms with Crippen molar-refractivity contribution in [3.8, 4) is 6.07 Å². The number of carbonyl (C=O) groups excluding carboxylic acids is 1. The number of Topliss-reactive ketones (excluding diaryl/α,β-unsaturated/α-hetero) is 1. The van der Waals surface area contributed by atoms with Gasteiger partial charge in [0.15, 0.2) is 0 Å². The number of unbranched alkanes of at least 4 members (excludes halogenated alkanes) is 2. The van der Waals surface area contributed by atoms with Crippen LogP contribution in [0, 0.1) is 17.2 Å². The molecule has 1 atom stereocenters. The highest BCUT2D eigenvalue weighted by Crippen LogP contribution is 2.14. The monoisotopic (exact) mass is 181 g/mol. The molecule has 0 aliphatic rings. The second-order valence-electron chi connectivity index (χ2n) is 3.56. The van der Waals surface area contributed by atoms with Crippen molar-refractivity contribution in [3.05, 3.63) is 0 Å². The van der Waals surface area contributed by atoms with Gasteiger partial charge in [0.25, 0.3) is 0 Å².